The van der Waals surface area contributed by atoms with Gasteiger partial charge in [0.1, 0.15) is 5.75 Å². The van der Waals surface area contributed by atoms with Gasteiger partial charge in [-0.3, -0.25) is 4.90 Å². The van der Waals surface area contributed by atoms with E-state index >= 15 is 0 Å². The average molecular weight is 481 g/mol. The third-order valence-electron chi connectivity index (χ3n) is 7.84. The van der Waals surface area contributed by atoms with E-state index in [2.05, 4.69) is 60.0 Å². The SMILES string of the molecule is CCCC1(CC)COc2ccc(CCCCCN3CCN(c4ccccc4OC)CC3)cc2OC1. The molecule has 0 aromatic heterocycles. The molecule has 5 nitrogen and oxygen atoms in total. The molecule has 1 unspecified atom stereocenters. The van der Waals surface area contributed by atoms with Crippen LogP contribution >= 0.6 is 0 Å². The number of benzene rings is 2. The van der Waals surface area contributed by atoms with Crippen LogP contribution in [0.2, 0.25) is 0 Å². The largest absolute Gasteiger partial charge is 0.495 e. The first-order chi connectivity index (χ1) is 17.2. The summed E-state index contributed by atoms with van der Waals surface area (Å²) in [7, 11) is 1.76. The second-order valence-electron chi connectivity index (χ2n) is 10.3. The van der Waals surface area contributed by atoms with E-state index in [0.29, 0.717) is 0 Å². The van der Waals surface area contributed by atoms with Crippen LogP contribution in [-0.4, -0.2) is 57.9 Å². The number of fused-ring (bicyclic) bond motifs is 1. The average Bonchev–Trinajstić information content (AvgIpc) is 3.09. The summed E-state index contributed by atoms with van der Waals surface area (Å²) in [5.74, 6) is 2.82. The Morgan fingerprint density at radius 2 is 1.66 bits per heavy atom. The number of aryl methyl sites for hydroxylation is 1. The van der Waals surface area contributed by atoms with E-state index in [9.17, 15) is 0 Å². The summed E-state index contributed by atoms with van der Waals surface area (Å²) >= 11 is 0. The zero-order valence-electron chi connectivity index (χ0n) is 22.1. The Bertz CT molecular complexity index is 926. The maximum Gasteiger partial charge on any atom is 0.161 e. The Morgan fingerprint density at radius 1 is 0.886 bits per heavy atom. The molecule has 0 amide bonds. The van der Waals surface area contributed by atoms with Gasteiger partial charge >= 0.3 is 0 Å². The first-order valence-corrected chi connectivity index (χ1v) is 13.7. The number of para-hydroxylation sites is 2. The highest BCUT2D eigenvalue weighted by Gasteiger charge is 2.32. The van der Waals surface area contributed by atoms with Crippen molar-refractivity contribution in [2.75, 3.05) is 57.9 Å². The van der Waals surface area contributed by atoms with Crippen LogP contribution in [0.5, 0.6) is 17.2 Å². The Labute approximate surface area is 212 Å². The lowest BCUT2D eigenvalue weighted by atomic mass is 9.82. The fourth-order valence-electron chi connectivity index (χ4n) is 5.44. The lowest BCUT2D eigenvalue weighted by Gasteiger charge is -2.36. The second-order valence-corrected chi connectivity index (χ2v) is 10.3. The minimum Gasteiger partial charge on any atom is -0.495 e. The van der Waals surface area contributed by atoms with E-state index in [1.54, 1.807) is 7.11 Å². The zero-order valence-corrected chi connectivity index (χ0v) is 22.1. The van der Waals surface area contributed by atoms with Crippen molar-refractivity contribution in [3.63, 3.8) is 0 Å². The fraction of sp³-hybridized carbons (Fsp3) is 0.600. The molecule has 0 N–H and O–H groups in total. The number of hydrogen-bond acceptors (Lipinski definition) is 5. The van der Waals surface area contributed by atoms with Crippen molar-refractivity contribution in [1.82, 2.24) is 4.90 Å². The number of piperazine rings is 1. The first kappa shape index (κ1) is 25.7. The Hall–Kier alpha value is -2.40. The van der Waals surface area contributed by atoms with Crippen molar-refractivity contribution < 1.29 is 14.2 Å². The van der Waals surface area contributed by atoms with Crippen LogP contribution in [-0.2, 0) is 6.42 Å². The van der Waals surface area contributed by atoms with E-state index in [-0.39, 0.29) is 5.41 Å². The summed E-state index contributed by atoms with van der Waals surface area (Å²) in [5, 5.41) is 0. The lowest BCUT2D eigenvalue weighted by molar-refractivity contribution is 0.0884. The fourth-order valence-corrected chi connectivity index (χ4v) is 5.44. The predicted molar refractivity (Wildman–Crippen MR) is 144 cm³/mol. The van der Waals surface area contributed by atoms with E-state index in [1.165, 1.54) is 43.5 Å². The highest BCUT2D eigenvalue weighted by Crippen LogP contribution is 2.38. The zero-order chi connectivity index (χ0) is 24.5. The quantitative estimate of drug-likeness (QED) is 0.358. The van der Waals surface area contributed by atoms with Crippen LogP contribution in [0.25, 0.3) is 0 Å². The van der Waals surface area contributed by atoms with Gasteiger partial charge in [-0.05, 0) is 68.5 Å². The molecule has 1 fully saturated rings. The number of ether oxygens (including phenoxy) is 3. The number of nitrogens with zero attached hydrogens (tertiary/aromatic N) is 2. The second kappa shape index (κ2) is 12.5. The van der Waals surface area contributed by atoms with E-state index in [1.807, 2.05) is 6.07 Å². The monoisotopic (exact) mass is 480 g/mol. The summed E-state index contributed by atoms with van der Waals surface area (Å²) in [4.78, 5) is 5.06. The molecule has 0 saturated carbocycles. The summed E-state index contributed by atoms with van der Waals surface area (Å²) in [6, 6.07) is 14.9. The highest BCUT2D eigenvalue weighted by molar-refractivity contribution is 5.58. The third kappa shape index (κ3) is 6.63. The number of hydrogen-bond donors (Lipinski definition) is 0. The van der Waals surface area contributed by atoms with Crippen molar-refractivity contribution in [2.24, 2.45) is 5.41 Å². The van der Waals surface area contributed by atoms with E-state index < -0.39 is 0 Å². The minimum absolute atomic E-state index is 0.145. The number of anilines is 1. The number of rotatable bonds is 11. The molecular weight excluding hydrogens is 436 g/mol. The molecule has 0 bridgehead atoms. The van der Waals surface area contributed by atoms with Crippen molar-refractivity contribution in [2.45, 2.75) is 58.8 Å². The summed E-state index contributed by atoms with van der Waals surface area (Å²) in [5.41, 5.74) is 2.72. The van der Waals surface area contributed by atoms with Crippen LogP contribution in [0.1, 0.15) is 57.9 Å². The van der Waals surface area contributed by atoms with Crippen molar-refractivity contribution in [3.05, 3.63) is 48.0 Å². The highest BCUT2D eigenvalue weighted by atomic mass is 16.5. The molecule has 192 valence electrons. The van der Waals surface area contributed by atoms with Crippen LogP contribution in [0.3, 0.4) is 0 Å². The Balaban J connectivity index is 1.16. The maximum absolute atomic E-state index is 6.27. The Kier molecular flexibility index (Phi) is 9.19. The van der Waals surface area contributed by atoms with Gasteiger partial charge in [-0.2, -0.15) is 0 Å². The molecule has 0 aliphatic carbocycles. The molecule has 2 aliphatic rings. The lowest BCUT2D eigenvalue weighted by Crippen LogP contribution is -2.46. The van der Waals surface area contributed by atoms with Gasteiger partial charge in [-0.15, -0.1) is 0 Å². The van der Waals surface area contributed by atoms with Gasteiger partial charge in [0.25, 0.3) is 0 Å². The topological polar surface area (TPSA) is 34.2 Å². The number of unbranched alkanes of at least 4 members (excludes halogenated alkanes) is 2. The molecule has 0 radical (unpaired) electrons. The van der Waals surface area contributed by atoms with Gasteiger partial charge in [-0.25, -0.2) is 0 Å². The maximum atomic E-state index is 6.27. The molecule has 2 heterocycles. The first-order valence-electron chi connectivity index (χ1n) is 13.7. The van der Waals surface area contributed by atoms with Crippen molar-refractivity contribution >= 4 is 5.69 Å². The molecule has 2 aromatic rings. The smallest absolute Gasteiger partial charge is 0.161 e. The third-order valence-corrected chi connectivity index (χ3v) is 7.84. The normalized spacial score (nSPS) is 20.5. The summed E-state index contributed by atoms with van der Waals surface area (Å²) < 4.78 is 18.0. The van der Waals surface area contributed by atoms with Crippen LogP contribution in [0, 0.1) is 5.41 Å². The van der Waals surface area contributed by atoms with Crippen LogP contribution < -0.4 is 19.1 Å². The Morgan fingerprint density at radius 3 is 2.40 bits per heavy atom. The van der Waals surface area contributed by atoms with Crippen LogP contribution in [0.4, 0.5) is 5.69 Å². The van der Waals surface area contributed by atoms with E-state index in [0.717, 1.165) is 75.9 Å². The molecular formula is C30H44N2O3. The molecule has 0 spiro atoms. The van der Waals surface area contributed by atoms with Gasteiger partial charge in [-0.1, -0.05) is 44.9 Å². The van der Waals surface area contributed by atoms with Gasteiger partial charge in [0, 0.05) is 31.6 Å². The van der Waals surface area contributed by atoms with Crippen LogP contribution in [0.15, 0.2) is 42.5 Å². The summed E-state index contributed by atoms with van der Waals surface area (Å²) in [6.45, 7) is 11.6. The van der Waals surface area contributed by atoms with Crippen molar-refractivity contribution in [1.29, 1.82) is 0 Å². The summed E-state index contributed by atoms with van der Waals surface area (Å²) in [6.07, 6.45) is 8.25. The van der Waals surface area contributed by atoms with Crippen molar-refractivity contribution in [3.8, 4) is 17.2 Å². The molecule has 1 saturated heterocycles. The molecule has 5 heteroatoms. The predicted octanol–water partition coefficient (Wildman–Crippen LogP) is 6.20. The molecule has 1 atom stereocenters. The molecule has 2 aromatic carbocycles. The number of methoxy groups -OCH3 is 1. The minimum atomic E-state index is 0.145. The molecule has 4 rings (SSSR count). The van der Waals surface area contributed by atoms with Gasteiger partial charge in [0.2, 0.25) is 0 Å². The van der Waals surface area contributed by atoms with Gasteiger partial charge in [0.15, 0.2) is 11.5 Å². The molecule has 35 heavy (non-hydrogen) atoms. The van der Waals surface area contributed by atoms with Gasteiger partial charge in [0.05, 0.1) is 26.0 Å². The standard InChI is InChI=1S/C30H44N2O3/c1-4-16-30(5-2)23-34-28-15-14-25(22-29(28)35-24-30)11-7-6-10-17-31-18-20-32(21-19-31)26-12-8-9-13-27(26)33-3/h8-9,12-15,22H,4-7,10-11,16-21,23-24H2,1-3H3. The molecule has 2 aliphatic heterocycles. The van der Waals surface area contributed by atoms with Gasteiger partial charge < -0.3 is 19.1 Å². The van der Waals surface area contributed by atoms with E-state index in [4.69, 9.17) is 14.2 Å².